The minimum Gasteiger partial charge on any atom is -0.374 e. The van der Waals surface area contributed by atoms with Crippen molar-refractivity contribution in [1.82, 2.24) is 5.32 Å². The lowest BCUT2D eigenvalue weighted by Crippen LogP contribution is -2.20. The van der Waals surface area contributed by atoms with Crippen LogP contribution in [0.5, 0.6) is 0 Å². The fourth-order valence-electron chi connectivity index (χ4n) is 1.52. The van der Waals surface area contributed by atoms with Crippen LogP contribution < -0.4 is 5.32 Å². The fraction of sp³-hybridized carbons (Fsp3) is 0.846. The molecule has 0 atom stereocenters. The molecule has 0 spiro atoms. The Morgan fingerprint density at radius 2 is 1.53 bits per heavy atom. The average molecular weight is 243 g/mol. The lowest BCUT2D eigenvalue weighted by atomic mass is 10.1. The lowest BCUT2D eigenvalue weighted by molar-refractivity contribution is -0.121. The van der Waals surface area contributed by atoms with E-state index in [9.17, 15) is 9.59 Å². The van der Waals surface area contributed by atoms with E-state index >= 15 is 0 Å². The first-order valence-corrected chi connectivity index (χ1v) is 6.44. The maximum absolute atomic E-state index is 10.6. The molecule has 0 radical (unpaired) electrons. The average Bonchev–Trinajstić information content (AvgIpc) is 2.25. The standard InChI is InChI=1S/C13H25NO3/c1-12(15)11-17-10-8-6-4-3-5-7-9-14-13(2)16/h3-11H2,1-2H3,(H,14,16). The van der Waals surface area contributed by atoms with Crippen LogP contribution in [0.4, 0.5) is 0 Å². The largest absolute Gasteiger partial charge is 0.374 e. The van der Waals surface area contributed by atoms with E-state index < -0.39 is 0 Å². The molecule has 100 valence electrons. The van der Waals surface area contributed by atoms with Gasteiger partial charge in [-0.2, -0.15) is 0 Å². The van der Waals surface area contributed by atoms with Crippen molar-refractivity contribution < 1.29 is 14.3 Å². The molecule has 0 aromatic rings. The van der Waals surface area contributed by atoms with Gasteiger partial charge in [-0.15, -0.1) is 0 Å². The topological polar surface area (TPSA) is 55.4 Å². The van der Waals surface area contributed by atoms with E-state index in [2.05, 4.69) is 5.32 Å². The van der Waals surface area contributed by atoms with E-state index in [0.29, 0.717) is 6.61 Å². The third-order valence-electron chi connectivity index (χ3n) is 2.39. The first-order chi connectivity index (χ1) is 8.13. The molecule has 4 nitrogen and oxygen atoms in total. The van der Waals surface area contributed by atoms with E-state index in [1.807, 2.05) is 0 Å². The Balaban J connectivity index is 2.98. The summed E-state index contributed by atoms with van der Waals surface area (Å²) in [6.07, 6.45) is 6.79. The van der Waals surface area contributed by atoms with E-state index in [-0.39, 0.29) is 18.3 Å². The Bertz CT molecular complexity index is 195. The van der Waals surface area contributed by atoms with E-state index in [1.54, 1.807) is 6.92 Å². The molecule has 0 saturated heterocycles. The highest BCUT2D eigenvalue weighted by atomic mass is 16.5. The normalized spacial score (nSPS) is 10.2. The summed E-state index contributed by atoms with van der Waals surface area (Å²) in [6, 6.07) is 0. The van der Waals surface area contributed by atoms with Crippen LogP contribution in [-0.2, 0) is 14.3 Å². The highest BCUT2D eigenvalue weighted by Crippen LogP contribution is 2.05. The number of ether oxygens (including phenoxy) is 1. The summed E-state index contributed by atoms with van der Waals surface area (Å²) >= 11 is 0. The van der Waals surface area contributed by atoms with Gasteiger partial charge < -0.3 is 10.1 Å². The number of ketones is 1. The van der Waals surface area contributed by atoms with Gasteiger partial charge in [0.05, 0.1) is 0 Å². The molecule has 17 heavy (non-hydrogen) atoms. The third kappa shape index (κ3) is 15.1. The van der Waals surface area contributed by atoms with Crippen LogP contribution in [0.15, 0.2) is 0 Å². The van der Waals surface area contributed by atoms with Crippen molar-refractivity contribution in [2.75, 3.05) is 19.8 Å². The smallest absolute Gasteiger partial charge is 0.216 e. The van der Waals surface area contributed by atoms with E-state index in [1.165, 1.54) is 19.8 Å². The molecule has 0 aliphatic carbocycles. The van der Waals surface area contributed by atoms with Crippen LogP contribution in [-0.4, -0.2) is 31.4 Å². The molecule has 0 unspecified atom stereocenters. The van der Waals surface area contributed by atoms with Gasteiger partial charge in [0.1, 0.15) is 6.61 Å². The number of carbonyl (C=O) groups excluding carboxylic acids is 2. The van der Waals surface area contributed by atoms with Crippen molar-refractivity contribution in [3.8, 4) is 0 Å². The molecule has 0 aromatic carbocycles. The van der Waals surface area contributed by atoms with Crippen LogP contribution in [0.25, 0.3) is 0 Å². The molecular formula is C13H25NO3. The maximum Gasteiger partial charge on any atom is 0.216 e. The van der Waals surface area contributed by atoms with Gasteiger partial charge in [-0.3, -0.25) is 9.59 Å². The van der Waals surface area contributed by atoms with Crippen molar-refractivity contribution in [2.24, 2.45) is 0 Å². The quantitative estimate of drug-likeness (QED) is 0.565. The van der Waals surface area contributed by atoms with Crippen LogP contribution in [0.1, 0.15) is 52.4 Å². The Morgan fingerprint density at radius 1 is 0.941 bits per heavy atom. The summed E-state index contributed by atoms with van der Waals surface area (Å²) in [5.41, 5.74) is 0. The molecule has 0 bridgehead atoms. The van der Waals surface area contributed by atoms with Gasteiger partial charge in [0, 0.05) is 20.1 Å². The molecule has 0 aliphatic heterocycles. The zero-order valence-electron chi connectivity index (χ0n) is 11.1. The van der Waals surface area contributed by atoms with Crippen molar-refractivity contribution in [1.29, 1.82) is 0 Å². The summed E-state index contributed by atoms with van der Waals surface area (Å²) in [5.74, 6) is 0.135. The van der Waals surface area contributed by atoms with Gasteiger partial charge in [0.15, 0.2) is 5.78 Å². The SMILES string of the molecule is CC(=O)COCCCCCCCCNC(C)=O. The predicted octanol–water partition coefficient (Wildman–Crippen LogP) is 2.07. The number of rotatable bonds is 11. The third-order valence-corrected chi connectivity index (χ3v) is 2.39. The van der Waals surface area contributed by atoms with Gasteiger partial charge in [-0.1, -0.05) is 25.7 Å². The van der Waals surface area contributed by atoms with Crippen molar-refractivity contribution >= 4 is 11.7 Å². The number of amides is 1. The Morgan fingerprint density at radius 3 is 2.12 bits per heavy atom. The number of Topliss-reactive ketones (excluding diaryl/α,β-unsaturated/α-hetero) is 1. The molecule has 0 aromatic heterocycles. The van der Waals surface area contributed by atoms with Gasteiger partial charge in [0.25, 0.3) is 0 Å². The summed E-state index contributed by atoms with van der Waals surface area (Å²) in [4.78, 5) is 21.2. The second-order valence-corrected chi connectivity index (χ2v) is 4.36. The zero-order valence-corrected chi connectivity index (χ0v) is 11.1. The van der Waals surface area contributed by atoms with Crippen LogP contribution in [0.2, 0.25) is 0 Å². The molecule has 0 heterocycles. The summed E-state index contributed by atoms with van der Waals surface area (Å²) in [6.45, 7) is 4.80. The maximum atomic E-state index is 10.6. The molecule has 0 rings (SSSR count). The van der Waals surface area contributed by atoms with E-state index in [4.69, 9.17) is 4.74 Å². The second-order valence-electron chi connectivity index (χ2n) is 4.36. The van der Waals surface area contributed by atoms with Gasteiger partial charge in [-0.05, 0) is 19.8 Å². The minimum absolute atomic E-state index is 0.0487. The summed E-state index contributed by atoms with van der Waals surface area (Å²) in [5, 5.41) is 2.78. The number of carbonyl (C=O) groups is 2. The van der Waals surface area contributed by atoms with Gasteiger partial charge >= 0.3 is 0 Å². The number of hydrogen-bond acceptors (Lipinski definition) is 3. The van der Waals surface area contributed by atoms with Crippen molar-refractivity contribution in [3.63, 3.8) is 0 Å². The Hall–Kier alpha value is -0.900. The van der Waals surface area contributed by atoms with Crippen molar-refractivity contribution in [3.05, 3.63) is 0 Å². The van der Waals surface area contributed by atoms with Crippen LogP contribution in [0, 0.1) is 0 Å². The highest BCUT2D eigenvalue weighted by Gasteiger charge is 1.95. The Labute approximate surface area is 104 Å². The predicted molar refractivity (Wildman–Crippen MR) is 67.9 cm³/mol. The van der Waals surface area contributed by atoms with Gasteiger partial charge in [-0.25, -0.2) is 0 Å². The number of hydrogen-bond donors (Lipinski definition) is 1. The first-order valence-electron chi connectivity index (χ1n) is 6.44. The molecule has 1 amide bonds. The molecule has 0 fully saturated rings. The highest BCUT2D eigenvalue weighted by molar-refractivity contribution is 5.76. The van der Waals surface area contributed by atoms with Gasteiger partial charge in [0.2, 0.25) is 5.91 Å². The lowest BCUT2D eigenvalue weighted by Gasteiger charge is -2.03. The number of nitrogens with one attached hydrogen (secondary N) is 1. The molecular weight excluding hydrogens is 218 g/mol. The summed E-state index contributed by atoms with van der Waals surface area (Å²) < 4.78 is 5.17. The second kappa shape index (κ2) is 11.6. The Kier molecular flexibility index (Phi) is 11.0. The first kappa shape index (κ1) is 16.1. The molecule has 4 heteroatoms. The number of unbranched alkanes of at least 4 members (excludes halogenated alkanes) is 5. The zero-order chi connectivity index (χ0) is 12.9. The minimum atomic E-state index is 0.0487. The van der Waals surface area contributed by atoms with Crippen LogP contribution in [0.3, 0.4) is 0 Å². The van der Waals surface area contributed by atoms with E-state index in [0.717, 1.165) is 32.2 Å². The van der Waals surface area contributed by atoms with Crippen LogP contribution >= 0.6 is 0 Å². The van der Waals surface area contributed by atoms with Crippen molar-refractivity contribution in [2.45, 2.75) is 52.4 Å². The molecule has 0 saturated carbocycles. The molecule has 1 N–H and O–H groups in total. The fourth-order valence-corrected chi connectivity index (χ4v) is 1.52. The molecule has 0 aliphatic rings. The monoisotopic (exact) mass is 243 g/mol. The summed E-state index contributed by atoms with van der Waals surface area (Å²) in [7, 11) is 0.